The van der Waals surface area contributed by atoms with Crippen LogP contribution in [0.5, 0.6) is 5.75 Å². The molecule has 1 aliphatic heterocycles. The Morgan fingerprint density at radius 1 is 1.29 bits per heavy atom. The van der Waals surface area contributed by atoms with Gasteiger partial charge in [0.15, 0.2) is 5.82 Å². The monoisotopic (exact) mass is 401 g/mol. The molecule has 2 heterocycles. The lowest BCUT2D eigenvalue weighted by molar-refractivity contribution is -0.117. The van der Waals surface area contributed by atoms with Gasteiger partial charge in [0.05, 0.1) is 12.1 Å². The number of carbonyl (C=O) groups excluding carboxylic acids is 1. The number of halogens is 2. The van der Waals surface area contributed by atoms with Crippen molar-refractivity contribution in [2.75, 3.05) is 18.6 Å². The molecule has 0 spiro atoms. The minimum absolute atomic E-state index is 0.0226. The van der Waals surface area contributed by atoms with Gasteiger partial charge in [0.25, 0.3) is 5.89 Å². The molecule has 0 unspecified atom stereocenters. The molecule has 0 N–H and O–H groups in total. The first-order chi connectivity index (χ1) is 13.5. The molecular formula is C20H17ClFN3O3. The molecule has 0 saturated carbocycles. The van der Waals surface area contributed by atoms with E-state index in [2.05, 4.69) is 10.1 Å². The van der Waals surface area contributed by atoms with Crippen molar-refractivity contribution in [1.29, 1.82) is 0 Å². The van der Waals surface area contributed by atoms with E-state index >= 15 is 0 Å². The number of nitrogens with zero attached hydrogens (tertiary/aromatic N) is 3. The van der Waals surface area contributed by atoms with Gasteiger partial charge in [0.2, 0.25) is 5.91 Å². The number of carbonyl (C=O) groups is 1. The number of amides is 1. The highest BCUT2D eigenvalue weighted by atomic mass is 35.5. The van der Waals surface area contributed by atoms with Crippen molar-refractivity contribution >= 4 is 23.2 Å². The van der Waals surface area contributed by atoms with Gasteiger partial charge in [-0.3, -0.25) is 4.79 Å². The van der Waals surface area contributed by atoms with Crippen LogP contribution in [0.1, 0.15) is 23.7 Å². The van der Waals surface area contributed by atoms with Gasteiger partial charge < -0.3 is 14.2 Å². The quantitative estimate of drug-likeness (QED) is 0.649. The van der Waals surface area contributed by atoms with E-state index in [0.717, 1.165) is 16.9 Å². The van der Waals surface area contributed by atoms with Crippen LogP contribution in [-0.4, -0.2) is 29.7 Å². The van der Waals surface area contributed by atoms with E-state index in [9.17, 15) is 9.18 Å². The van der Waals surface area contributed by atoms with Crippen LogP contribution < -0.4 is 9.64 Å². The second-order valence-electron chi connectivity index (χ2n) is 6.64. The van der Waals surface area contributed by atoms with Gasteiger partial charge in [0.1, 0.15) is 11.6 Å². The molecule has 2 aromatic carbocycles. The van der Waals surface area contributed by atoms with Gasteiger partial charge in [-0.2, -0.15) is 4.98 Å². The van der Waals surface area contributed by atoms with Gasteiger partial charge in [-0.05, 0) is 48.9 Å². The Balaban J connectivity index is 1.56. The molecule has 1 fully saturated rings. The minimum Gasteiger partial charge on any atom is -0.497 e. The summed E-state index contributed by atoms with van der Waals surface area (Å²) < 4.78 is 24.0. The average Bonchev–Trinajstić information content (AvgIpc) is 3.31. The summed E-state index contributed by atoms with van der Waals surface area (Å²) in [6.45, 7) is 2.31. The Hall–Kier alpha value is -2.93. The molecule has 144 valence electrons. The van der Waals surface area contributed by atoms with E-state index in [1.54, 1.807) is 12.0 Å². The van der Waals surface area contributed by atoms with E-state index in [0.29, 0.717) is 23.9 Å². The highest BCUT2D eigenvalue weighted by Crippen LogP contribution is 2.33. The topological polar surface area (TPSA) is 68.5 Å². The van der Waals surface area contributed by atoms with Gasteiger partial charge >= 0.3 is 0 Å². The molecule has 4 rings (SSSR count). The standard InChI is InChI=1S/C20H17ClFN3O3/c1-11-7-14(27-2)4-5-15(11)20-23-19(24-28-20)12-8-18(26)25(10-12)13-3-6-17(22)16(21)9-13/h3-7,9,12H,8,10H2,1-2H3/t12-/m0/s1. The van der Waals surface area contributed by atoms with E-state index in [4.69, 9.17) is 20.9 Å². The largest absolute Gasteiger partial charge is 0.497 e. The fourth-order valence-corrected chi connectivity index (χ4v) is 3.47. The maximum absolute atomic E-state index is 13.4. The second kappa shape index (κ2) is 7.24. The van der Waals surface area contributed by atoms with Crippen LogP contribution in [-0.2, 0) is 4.79 Å². The van der Waals surface area contributed by atoms with Crippen molar-refractivity contribution in [3.05, 3.63) is 58.6 Å². The van der Waals surface area contributed by atoms with Crippen molar-refractivity contribution in [2.45, 2.75) is 19.3 Å². The molecule has 0 radical (unpaired) electrons. The zero-order chi connectivity index (χ0) is 19.8. The number of methoxy groups -OCH3 is 1. The molecule has 8 heteroatoms. The molecule has 1 atom stereocenters. The van der Waals surface area contributed by atoms with Crippen LogP contribution in [0.25, 0.3) is 11.5 Å². The average molecular weight is 402 g/mol. The minimum atomic E-state index is -0.522. The molecule has 3 aromatic rings. The van der Waals surface area contributed by atoms with Crippen molar-refractivity contribution in [2.24, 2.45) is 0 Å². The second-order valence-corrected chi connectivity index (χ2v) is 7.05. The number of rotatable bonds is 4. The Bertz CT molecular complexity index is 1050. The molecule has 28 heavy (non-hydrogen) atoms. The lowest BCUT2D eigenvalue weighted by Crippen LogP contribution is -2.24. The maximum atomic E-state index is 13.4. The van der Waals surface area contributed by atoms with Crippen molar-refractivity contribution < 1.29 is 18.4 Å². The lowest BCUT2D eigenvalue weighted by atomic mass is 10.1. The number of aromatic nitrogens is 2. The first kappa shape index (κ1) is 18.4. The first-order valence-corrected chi connectivity index (χ1v) is 9.08. The molecule has 1 aromatic heterocycles. The summed E-state index contributed by atoms with van der Waals surface area (Å²) in [6, 6.07) is 9.79. The van der Waals surface area contributed by atoms with Gasteiger partial charge in [0, 0.05) is 30.1 Å². The number of hydrogen-bond acceptors (Lipinski definition) is 5. The Morgan fingerprint density at radius 3 is 2.82 bits per heavy atom. The number of aryl methyl sites for hydroxylation is 1. The highest BCUT2D eigenvalue weighted by Gasteiger charge is 2.35. The van der Waals surface area contributed by atoms with Gasteiger partial charge in [-0.15, -0.1) is 0 Å². The molecule has 1 saturated heterocycles. The maximum Gasteiger partial charge on any atom is 0.258 e. The van der Waals surface area contributed by atoms with Crippen LogP contribution >= 0.6 is 11.6 Å². The zero-order valence-electron chi connectivity index (χ0n) is 15.3. The molecule has 6 nitrogen and oxygen atoms in total. The van der Waals surface area contributed by atoms with Crippen LogP contribution in [0.15, 0.2) is 40.9 Å². The van der Waals surface area contributed by atoms with Crippen LogP contribution in [0.2, 0.25) is 5.02 Å². The summed E-state index contributed by atoms with van der Waals surface area (Å²) in [5.74, 6) is 0.773. The molecule has 1 aliphatic rings. The lowest BCUT2D eigenvalue weighted by Gasteiger charge is -2.16. The first-order valence-electron chi connectivity index (χ1n) is 8.70. The van der Waals surface area contributed by atoms with Crippen molar-refractivity contribution in [3.63, 3.8) is 0 Å². The van der Waals surface area contributed by atoms with E-state index in [-0.39, 0.29) is 23.3 Å². The predicted molar refractivity (Wildman–Crippen MR) is 102 cm³/mol. The third kappa shape index (κ3) is 3.33. The third-order valence-corrected chi connectivity index (χ3v) is 5.10. The number of hydrogen-bond donors (Lipinski definition) is 0. The Morgan fingerprint density at radius 2 is 2.11 bits per heavy atom. The van der Waals surface area contributed by atoms with Crippen LogP contribution in [0.3, 0.4) is 0 Å². The summed E-state index contributed by atoms with van der Waals surface area (Å²) in [5, 5.41) is 4.05. The number of ether oxygens (including phenoxy) is 1. The van der Waals surface area contributed by atoms with Crippen molar-refractivity contribution in [1.82, 2.24) is 10.1 Å². The number of benzene rings is 2. The Kier molecular flexibility index (Phi) is 4.77. The fraction of sp³-hybridized carbons (Fsp3) is 0.250. The fourth-order valence-electron chi connectivity index (χ4n) is 3.30. The van der Waals surface area contributed by atoms with Gasteiger partial charge in [-0.1, -0.05) is 16.8 Å². The van der Waals surface area contributed by atoms with E-state index in [1.807, 2.05) is 25.1 Å². The van der Waals surface area contributed by atoms with E-state index in [1.165, 1.54) is 18.2 Å². The SMILES string of the molecule is COc1ccc(-c2nc([C@H]3CC(=O)N(c4ccc(F)c(Cl)c4)C3)no2)c(C)c1. The van der Waals surface area contributed by atoms with Crippen molar-refractivity contribution in [3.8, 4) is 17.2 Å². The Labute approximate surface area is 165 Å². The van der Waals surface area contributed by atoms with E-state index < -0.39 is 5.82 Å². The summed E-state index contributed by atoms with van der Waals surface area (Å²) in [5.41, 5.74) is 2.30. The molecule has 0 bridgehead atoms. The van der Waals surface area contributed by atoms with Gasteiger partial charge in [-0.25, -0.2) is 4.39 Å². The molecule has 0 aliphatic carbocycles. The summed E-state index contributed by atoms with van der Waals surface area (Å²) in [6.07, 6.45) is 0.246. The zero-order valence-corrected chi connectivity index (χ0v) is 16.0. The predicted octanol–water partition coefficient (Wildman–Crippen LogP) is 4.37. The van der Waals surface area contributed by atoms with Crippen LogP contribution in [0.4, 0.5) is 10.1 Å². The van der Waals surface area contributed by atoms with Crippen LogP contribution in [0, 0.1) is 12.7 Å². The summed E-state index contributed by atoms with van der Waals surface area (Å²) >= 11 is 5.84. The summed E-state index contributed by atoms with van der Waals surface area (Å²) in [7, 11) is 1.61. The normalized spacial score (nSPS) is 16.6. The summed E-state index contributed by atoms with van der Waals surface area (Å²) in [4.78, 5) is 18.5. The highest BCUT2D eigenvalue weighted by molar-refractivity contribution is 6.31. The third-order valence-electron chi connectivity index (χ3n) is 4.81. The molecular weight excluding hydrogens is 385 g/mol. The number of anilines is 1. The smallest absolute Gasteiger partial charge is 0.258 e. The molecule has 1 amide bonds.